The fourth-order valence-corrected chi connectivity index (χ4v) is 6.07. The second-order valence-corrected chi connectivity index (χ2v) is 9.87. The Labute approximate surface area is 180 Å². The van der Waals surface area contributed by atoms with Crippen molar-refractivity contribution < 1.29 is 23.5 Å². The van der Waals surface area contributed by atoms with Gasteiger partial charge in [-0.2, -0.15) is 0 Å². The van der Waals surface area contributed by atoms with E-state index in [1.54, 1.807) is 12.5 Å². The Morgan fingerprint density at radius 1 is 1.30 bits per heavy atom. The Kier molecular flexibility index (Phi) is 6.49. The predicted molar refractivity (Wildman–Crippen MR) is 115 cm³/mol. The van der Waals surface area contributed by atoms with Crippen LogP contribution in [0.15, 0.2) is 35.2 Å². The van der Waals surface area contributed by atoms with Crippen molar-refractivity contribution >= 4 is 11.9 Å². The third-order valence-corrected chi connectivity index (χ3v) is 7.83. The number of carbonyl (C=O) groups excluding carboxylic acids is 2. The maximum Gasteiger partial charge on any atom is 0.315 e. The monoisotopic (exact) mass is 416 g/mol. The number of hydrogen-bond donors (Lipinski definition) is 0. The smallest absolute Gasteiger partial charge is 0.315 e. The zero-order chi connectivity index (χ0) is 22.1. The summed E-state index contributed by atoms with van der Waals surface area (Å²) in [6, 6.07) is 2.01. The lowest BCUT2D eigenvalue weighted by atomic mass is 9.46. The van der Waals surface area contributed by atoms with E-state index in [0.29, 0.717) is 12.3 Å². The lowest BCUT2D eigenvalue weighted by Crippen LogP contribution is -2.60. The second kappa shape index (κ2) is 8.60. The minimum absolute atomic E-state index is 0.0658. The number of allylic oxidation sites excluding steroid dienone is 1. The fourth-order valence-electron chi connectivity index (χ4n) is 6.07. The molecule has 1 aromatic heterocycles. The quantitative estimate of drug-likeness (QED) is 0.462. The van der Waals surface area contributed by atoms with Gasteiger partial charge in [-0.1, -0.05) is 32.9 Å². The van der Waals surface area contributed by atoms with Crippen molar-refractivity contribution in [2.45, 2.75) is 72.3 Å². The van der Waals surface area contributed by atoms with Gasteiger partial charge in [0.15, 0.2) is 0 Å². The van der Waals surface area contributed by atoms with E-state index in [1.807, 2.05) is 26.8 Å². The van der Waals surface area contributed by atoms with Crippen LogP contribution in [0.2, 0.25) is 0 Å². The summed E-state index contributed by atoms with van der Waals surface area (Å²) in [5.74, 6) is -0.390. The largest absolute Gasteiger partial charge is 0.472 e. The molecule has 30 heavy (non-hydrogen) atoms. The topological polar surface area (TPSA) is 65.7 Å². The molecule has 3 rings (SSSR count). The molecule has 0 bridgehead atoms. The average Bonchev–Trinajstić information content (AvgIpc) is 3.22. The number of fused-ring (bicyclic) bond motifs is 1. The van der Waals surface area contributed by atoms with E-state index in [1.165, 1.54) is 18.2 Å². The third kappa shape index (κ3) is 3.83. The van der Waals surface area contributed by atoms with Crippen molar-refractivity contribution in [1.82, 2.24) is 0 Å². The van der Waals surface area contributed by atoms with Crippen molar-refractivity contribution in [1.29, 1.82) is 0 Å². The molecule has 5 heteroatoms. The predicted octanol–water partition coefficient (Wildman–Crippen LogP) is 5.34. The van der Waals surface area contributed by atoms with Gasteiger partial charge in [-0.05, 0) is 74.3 Å². The van der Waals surface area contributed by atoms with Gasteiger partial charge in [0.2, 0.25) is 0 Å². The molecule has 0 aromatic carbocycles. The van der Waals surface area contributed by atoms with Crippen LogP contribution < -0.4 is 0 Å². The molecule has 0 amide bonds. The van der Waals surface area contributed by atoms with Crippen LogP contribution in [0, 0.1) is 28.6 Å². The van der Waals surface area contributed by atoms with Gasteiger partial charge in [0.25, 0.3) is 0 Å². The van der Waals surface area contributed by atoms with E-state index in [0.717, 1.165) is 32.1 Å². The molecular formula is C25H36O5. The average molecular weight is 417 g/mol. The zero-order valence-corrected chi connectivity index (χ0v) is 19.0. The molecule has 2 aliphatic carbocycles. The van der Waals surface area contributed by atoms with Gasteiger partial charge < -0.3 is 13.9 Å². The van der Waals surface area contributed by atoms with Gasteiger partial charge in [-0.15, -0.1) is 0 Å². The molecule has 5 unspecified atom stereocenters. The van der Waals surface area contributed by atoms with Crippen molar-refractivity contribution in [3.63, 3.8) is 0 Å². The Morgan fingerprint density at radius 3 is 2.63 bits per heavy atom. The standard InChI is InChI=1S/C25H36O5/c1-16(2)22(26)30-21-11-13-24(4)19(9-8-18-12-14-29-15-18)17(3)7-10-20(24)25(21,5)23(27)28-6/h12,14-16,19-21H,3,7-11,13H2,1-2,4-6H3. The summed E-state index contributed by atoms with van der Waals surface area (Å²) in [7, 11) is 1.43. The summed E-state index contributed by atoms with van der Waals surface area (Å²) in [4.78, 5) is 25.5. The summed E-state index contributed by atoms with van der Waals surface area (Å²) in [6.07, 6.45) is 8.24. The summed E-state index contributed by atoms with van der Waals surface area (Å²) in [5.41, 5.74) is 1.50. The Morgan fingerprint density at radius 2 is 2.03 bits per heavy atom. The van der Waals surface area contributed by atoms with E-state index in [4.69, 9.17) is 13.9 Å². The van der Waals surface area contributed by atoms with Gasteiger partial charge in [-0.3, -0.25) is 9.59 Å². The number of aryl methyl sites for hydroxylation is 1. The molecule has 5 atom stereocenters. The van der Waals surface area contributed by atoms with Gasteiger partial charge in [-0.25, -0.2) is 0 Å². The fraction of sp³-hybridized carbons (Fsp3) is 0.680. The van der Waals surface area contributed by atoms with E-state index < -0.39 is 11.5 Å². The van der Waals surface area contributed by atoms with Crippen LogP contribution in [0.4, 0.5) is 0 Å². The Bertz CT molecular complexity index is 779. The maximum atomic E-state index is 13.1. The molecule has 166 valence electrons. The van der Waals surface area contributed by atoms with E-state index >= 15 is 0 Å². The number of carbonyl (C=O) groups is 2. The number of furan rings is 1. The highest BCUT2D eigenvalue weighted by atomic mass is 16.6. The SMILES string of the molecule is C=C1CCC2C(C)(CCC(OC(=O)C(C)C)C2(C)C(=O)OC)C1CCc1ccoc1. The van der Waals surface area contributed by atoms with Gasteiger partial charge in [0.1, 0.15) is 11.5 Å². The summed E-state index contributed by atoms with van der Waals surface area (Å²) < 4.78 is 16.4. The molecule has 2 aliphatic rings. The maximum absolute atomic E-state index is 13.1. The van der Waals surface area contributed by atoms with E-state index in [-0.39, 0.29) is 29.2 Å². The first-order chi connectivity index (χ1) is 14.1. The summed E-state index contributed by atoms with van der Waals surface area (Å²) in [6.45, 7) is 12.3. The molecule has 1 heterocycles. The van der Waals surface area contributed by atoms with Crippen LogP contribution in [-0.4, -0.2) is 25.2 Å². The molecule has 0 spiro atoms. The van der Waals surface area contributed by atoms with Gasteiger partial charge in [0.05, 0.1) is 25.6 Å². The normalized spacial score (nSPS) is 33.8. The summed E-state index contributed by atoms with van der Waals surface area (Å²) in [5, 5.41) is 0. The highest BCUT2D eigenvalue weighted by Gasteiger charge is 2.62. The van der Waals surface area contributed by atoms with Crippen LogP contribution in [0.25, 0.3) is 0 Å². The van der Waals surface area contributed by atoms with Crippen molar-refractivity contribution in [2.24, 2.45) is 28.6 Å². The van der Waals surface area contributed by atoms with Crippen molar-refractivity contribution in [3.05, 3.63) is 36.3 Å². The summed E-state index contributed by atoms with van der Waals surface area (Å²) >= 11 is 0. The van der Waals surface area contributed by atoms with E-state index in [9.17, 15) is 9.59 Å². The number of methoxy groups -OCH3 is 1. The molecule has 5 nitrogen and oxygen atoms in total. The Balaban J connectivity index is 1.92. The highest BCUT2D eigenvalue weighted by Crippen LogP contribution is 2.62. The van der Waals surface area contributed by atoms with Gasteiger partial charge >= 0.3 is 11.9 Å². The Hall–Kier alpha value is -2.04. The molecule has 0 radical (unpaired) electrons. The van der Waals surface area contributed by atoms with Gasteiger partial charge in [0, 0.05) is 0 Å². The van der Waals surface area contributed by atoms with Crippen LogP contribution in [0.5, 0.6) is 0 Å². The number of ether oxygens (including phenoxy) is 2. The highest BCUT2D eigenvalue weighted by molar-refractivity contribution is 5.79. The van der Waals surface area contributed by atoms with Crippen LogP contribution in [-0.2, 0) is 25.5 Å². The molecule has 0 N–H and O–H groups in total. The minimum Gasteiger partial charge on any atom is -0.472 e. The zero-order valence-electron chi connectivity index (χ0n) is 19.0. The van der Waals surface area contributed by atoms with Crippen molar-refractivity contribution in [2.75, 3.05) is 7.11 Å². The second-order valence-electron chi connectivity index (χ2n) is 9.87. The first-order valence-corrected chi connectivity index (χ1v) is 11.1. The third-order valence-electron chi connectivity index (χ3n) is 7.83. The number of esters is 2. The molecule has 0 saturated heterocycles. The lowest BCUT2D eigenvalue weighted by molar-refractivity contribution is -0.199. The number of rotatable bonds is 6. The van der Waals surface area contributed by atoms with E-state index in [2.05, 4.69) is 13.5 Å². The number of hydrogen-bond acceptors (Lipinski definition) is 5. The molecule has 2 saturated carbocycles. The lowest BCUT2D eigenvalue weighted by Gasteiger charge is -2.59. The molecular weight excluding hydrogens is 380 g/mol. The first-order valence-electron chi connectivity index (χ1n) is 11.1. The van der Waals surface area contributed by atoms with Crippen molar-refractivity contribution in [3.8, 4) is 0 Å². The molecule has 0 aliphatic heterocycles. The molecule has 1 aromatic rings. The minimum atomic E-state index is -0.860. The molecule has 2 fully saturated rings. The van der Waals surface area contributed by atoms with Crippen LogP contribution >= 0.6 is 0 Å². The first kappa shape index (κ1) is 22.6. The van der Waals surface area contributed by atoms with Crippen LogP contribution in [0.3, 0.4) is 0 Å². The van der Waals surface area contributed by atoms with Crippen LogP contribution in [0.1, 0.15) is 65.4 Å².